The van der Waals surface area contributed by atoms with E-state index in [0.29, 0.717) is 21.5 Å². The fourth-order valence-electron chi connectivity index (χ4n) is 2.68. The van der Waals surface area contributed by atoms with Crippen molar-refractivity contribution >= 4 is 21.2 Å². The molecule has 0 aliphatic heterocycles. The minimum atomic E-state index is -3.38. The van der Waals surface area contributed by atoms with Crippen molar-refractivity contribution in [1.29, 1.82) is 0 Å². The molecule has 1 aliphatic carbocycles. The van der Waals surface area contributed by atoms with Gasteiger partial charge in [-0.15, -0.1) is 10.2 Å². The van der Waals surface area contributed by atoms with Gasteiger partial charge in [0.2, 0.25) is 0 Å². The van der Waals surface area contributed by atoms with E-state index in [1.54, 1.807) is 13.2 Å². The molecule has 0 fully saturated rings. The van der Waals surface area contributed by atoms with Crippen molar-refractivity contribution in [3.8, 4) is 0 Å². The lowest BCUT2D eigenvalue weighted by molar-refractivity contribution is 0.184. The fraction of sp³-hybridized carbons (Fsp3) is 0.467. The highest BCUT2D eigenvalue weighted by Crippen LogP contribution is 2.26. The third kappa shape index (κ3) is 3.37. The van der Waals surface area contributed by atoms with Crippen molar-refractivity contribution in [1.82, 2.24) is 10.2 Å². The van der Waals surface area contributed by atoms with Gasteiger partial charge >= 0.3 is 0 Å². The second kappa shape index (κ2) is 6.44. The minimum absolute atomic E-state index is 0.104. The third-order valence-electron chi connectivity index (χ3n) is 3.77. The Morgan fingerprint density at radius 1 is 1.14 bits per heavy atom. The Morgan fingerprint density at radius 2 is 1.86 bits per heavy atom. The molecular formula is C15H18N2O3S2. The molecule has 3 rings (SSSR count). The molecule has 2 aromatic rings. The highest BCUT2D eigenvalue weighted by atomic mass is 32.2. The fourth-order valence-corrected chi connectivity index (χ4v) is 5.14. The largest absolute Gasteiger partial charge is 0.377 e. The molecule has 0 radical (unpaired) electrons. The Bertz CT molecular complexity index is 769. The Kier molecular flexibility index (Phi) is 4.56. The zero-order chi connectivity index (χ0) is 15.6. The summed E-state index contributed by atoms with van der Waals surface area (Å²) in [5, 5.41) is 9.07. The number of aromatic nitrogens is 2. The lowest BCUT2D eigenvalue weighted by atomic mass is 9.92. The zero-order valence-corrected chi connectivity index (χ0v) is 14.0. The lowest BCUT2D eigenvalue weighted by Crippen LogP contribution is -2.08. The Hall–Kier alpha value is -1.31. The predicted molar refractivity (Wildman–Crippen MR) is 84.6 cm³/mol. The summed E-state index contributed by atoms with van der Waals surface area (Å²) in [7, 11) is -1.81. The van der Waals surface area contributed by atoms with Crippen molar-refractivity contribution in [2.24, 2.45) is 0 Å². The summed E-state index contributed by atoms with van der Waals surface area (Å²) in [4.78, 5) is 0.386. The van der Waals surface area contributed by atoms with Gasteiger partial charge in [-0.05, 0) is 48.9 Å². The van der Waals surface area contributed by atoms with Gasteiger partial charge in [0, 0.05) is 7.11 Å². The van der Waals surface area contributed by atoms with E-state index in [4.69, 9.17) is 4.74 Å². The van der Waals surface area contributed by atoms with Crippen molar-refractivity contribution in [2.75, 3.05) is 7.11 Å². The first-order valence-corrected chi connectivity index (χ1v) is 9.70. The molecular weight excluding hydrogens is 320 g/mol. The van der Waals surface area contributed by atoms with Gasteiger partial charge in [0.25, 0.3) is 0 Å². The monoisotopic (exact) mass is 338 g/mol. The second-order valence-electron chi connectivity index (χ2n) is 5.42. The van der Waals surface area contributed by atoms with Crippen LogP contribution in [0.2, 0.25) is 0 Å². The molecule has 7 heteroatoms. The van der Waals surface area contributed by atoms with Gasteiger partial charge in [-0.2, -0.15) is 0 Å². The van der Waals surface area contributed by atoms with Crippen LogP contribution in [0.4, 0.5) is 0 Å². The summed E-state index contributed by atoms with van der Waals surface area (Å²) >= 11 is 1.28. The van der Waals surface area contributed by atoms with E-state index in [0.717, 1.165) is 19.3 Å². The Balaban J connectivity index is 1.82. The molecule has 1 aromatic heterocycles. The molecule has 0 amide bonds. The summed E-state index contributed by atoms with van der Waals surface area (Å²) in [6, 6.07) is 5.51. The van der Waals surface area contributed by atoms with Crippen molar-refractivity contribution in [3.05, 3.63) is 39.3 Å². The predicted octanol–water partition coefficient (Wildman–Crippen LogP) is 2.54. The molecule has 0 spiro atoms. The molecule has 22 heavy (non-hydrogen) atoms. The number of fused-ring (bicyclic) bond motifs is 1. The number of hydrogen-bond donors (Lipinski definition) is 0. The number of rotatable bonds is 5. The van der Waals surface area contributed by atoms with E-state index in [2.05, 4.69) is 10.2 Å². The third-order valence-corrected chi connectivity index (χ3v) is 6.47. The first-order valence-electron chi connectivity index (χ1n) is 7.23. The highest BCUT2D eigenvalue weighted by molar-refractivity contribution is 7.90. The molecule has 1 aromatic carbocycles. The maximum absolute atomic E-state index is 12.6. The summed E-state index contributed by atoms with van der Waals surface area (Å²) in [5.74, 6) is -0.104. The van der Waals surface area contributed by atoms with Crippen LogP contribution >= 0.6 is 11.3 Å². The van der Waals surface area contributed by atoms with Crippen LogP contribution in [0.5, 0.6) is 0 Å². The van der Waals surface area contributed by atoms with E-state index >= 15 is 0 Å². The summed E-state index contributed by atoms with van der Waals surface area (Å²) in [6.07, 6.45) is 4.33. The first kappa shape index (κ1) is 15.6. The standard InChI is InChI=1S/C15H18N2O3S2/c1-20-9-14-16-17-15(21-14)10-22(18,19)13-7-6-11-4-2-3-5-12(11)8-13/h6-8H,2-5,9-10H2,1H3. The van der Waals surface area contributed by atoms with E-state index in [-0.39, 0.29) is 5.75 Å². The Morgan fingerprint density at radius 3 is 2.64 bits per heavy atom. The number of nitrogens with zero attached hydrogens (tertiary/aromatic N) is 2. The number of methoxy groups -OCH3 is 1. The van der Waals surface area contributed by atoms with Gasteiger partial charge in [-0.1, -0.05) is 17.4 Å². The SMILES string of the molecule is COCc1nnc(CS(=O)(=O)c2ccc3c(c2)CCCC3)s1. The number of ether oxygens (including phenoxy) is 1. The van der Waals surface area contributed by atoms with Gasteiger partial charge in [0.05, 0.1) is 11.5 Å². The molecule has 0 saturated carbocycles. The van der Waals surface area contributed by atoms with Crippen LogP contribution in [0.1, 0.15) is 34.0 Å². The molecule has 1 heterocycles. The van der Waals surface area contributed by atoms with E-state index in [9.17, 15) is 8.42 Å². The van der Waals surface area contributed by atoms with Crippen LogP contribution in [-0.2, 0) is 39.8 Å². The molecule has 118 valence electrons. The first-order chi connectivity index (χ1) is 10.6. The Labute approximate surface area is 134 Å². The van der Waals surface area contributed by atoms with E-state index in [1.165, 1.54) is 28.9 Å². The molecule has 0 bridgehead atoms. The second-order valence-corrected chi connectivity index (χ2v) is 8.56. The smallest absolute Gasteiger partial charge is 0.184 e. The number of aryl methyl sites for hydroxylation is 2. The maximum atomic E-state index is 12.6. The zero-order valence-electron chi connectivity index (χ0n) is 12.4. The molecule has 5 nitrogen and oxygen atoms in total. The number of benzene rings is 1. The van der Waals surface area contributed by atoms with Gasteiger partial charge in [-0.3, -0.25) is 0 Å². The quantitative estimate of drug-likeness (QED) is 0.838. The van der Waals surface area contributed by atoms with Crippen molar-refractivity contribution in [2.45, 2.75) is 42.9 Å². The maximum Gasteiger partial charge on any atom is 0.184 e. The van der Waals surface area contributed by atoms with E-state index < -0.39 is 9.84 Å². The normalized spacial score (nSPS) is 14.8. The van der Waals surface area contributed by atoms with Crippen LogP contribution in [0.15, 0.2) is 23.1 Å². The van der Waals surface area contributed by atoms with Crippen LogP contribution in [-0.4, -0.2) is 25.7 Å². The molecule has 1 aliphatic rings. The van der Waals surface area contributed by atoms with Crippen molar-refractivity contribution in [3.63, 3.8) is 0 Å². The highest BCUT2D eigenvalue weighted by Gasteiger charge is 2.20. The number of hydrogen-bond acceptors (Lipinski definition) is 6. The van der Waals surface area contributed by atoms with Gasteiger partial charge in [0.15, 0.2) is 9.84 Å². The molecule has 0 N–H and O–H groups in total. The topological polar surface area (TPSA) is 69.2 Å². The average molecular weight is 338 g/mol. The average Bonchev–Trinajstić information content (AvgIpc) is 2.93. The lowest BCUT2D eigenvalue weighted by Gasteiger charge is -2.16. The van der Waals surface area contributed by atoms with E-state index in [1.807, 2.05) is 12.1 Å². The van der Waals surface area contributed by atoms with Crippen molar-refractivity contribution < 1.29 is 13.2 Å². The van der Waals surface area contributed by atoms with Crippen LogP contribution in [0.3, 0.4) is 0 Å². The van der Waals surface area contributed by atoms with Crippen LogP contribution in [0.25, 0.3) is 0 Å². The van der Waals surface area contributed by atoms with Crippen LogP contribution < -0.4 is 0 Å². The summed E-state index contributed by atoms with van der Waals surface area (Å²) in [5.41, 5.74) is 2.45. The summed E-state index contributed by atoms with van der Waals surface area (Å²) < 4.78 is 30.1. The van der Waals surface area contributed by atoms with Gasteiger partial charge in [0.1, 0.15) is 15.8 Å². The minimum Gasteiger partial charge on any atom is -0.377 e. The molecule has 0 saturated heterocycles. The van der Waals surface area contributed by atoms with Gasteiger partial charge < -0.3 is 4.74 Å². The number of sulfone groups is 1. The molecule has 0 atom stereocenters. The van der Waals surface area contributed by atoms with Gasteiger partial charge in [-0.25, -0.2) is 8.42 Å². The van der Waals surface area contributed by atoms with Crippen LogP contribution in [0, 0.1) is 0 Å². The molecule has 0 unspecified atom stereocenters. The summed E-state index contributed by atoms with van der Waals surface area (Å²) in [6.45, 7) is 0.358.